The first-order chi connectivity index (χ1) is 17.2. The first kappa shape index (κ1) is 27.0. The molecule has 3 heterocycles. The molecule has 3 aromatic rings. The first-order valence-electron chi connectivity index (χ1n) is 12.0. The van der Waals surface area contributed by atoms with Crippen LogP contribution in [0.2, 0.25) is 0 Å². The van der Waals surface area contributed by atoms with Crippen molar-refractivity contribution < 1.29 is 18.8 Å². The van der Waals surface area contributed by atoms with Crippen LogP contribution in [0, 0.1) is 11.7 Å². The van der Waals surface area contributed by atoms with Crippen LogP contribution in [-0.4, -0.2) is 70.7 Å². The summed E-state index contributed by atoms with van der Waals surface area (Å²) in [7, 11) is 5.45. The van der Waals surface area contributed by atoms with Crippen LogP contribution in [0.25, 0.3) is 10.9 Å². The van der Waals surface area contributed by atoms with Gasteiger partial charge in [-0.25, -0.2) is 9.37 Å². The van der Waals surface area contributed by atoms with E-state index in [0.717, 1.165) is 23.7 Å². The maximum atomic E-state index is 13.6. The van der Waals surface area contributed by atoms with Crippen molar-refractivity contribution in [2.24, 2.45) is 5.92 Å². The molecule has 1 fully saturated rings. The van der Waals surface area contributed by atoms with Crippen LogP contribution in [0.4, 0.5) is 4.39 Å². The molecule has 0 saturated heterocycles. The second-order valence-electron chi connectivity index (χ2n) is 9.88. The molecule has 1 aliphatic heterocycles. The van der Waals surface area contributed by atoms with Crippen molar-refractivity contribution in [3.63, 3.8) is 0 Å². The lowest BCUT2D eigenvalue weighted by atomic mass is 9.81. The van der Waals surface area contributed by atoms with Crippen LogP contribution >= 0.6 is 23.7 Å². The van der Waals surface area contributed by atoms with Gasteiger partial charge in [0.05, 0.1) is 11.7 Å². The second-order valence-corrected chi connectivity index (χ2v) is 11.0. The number of aromatic nitrogens is 2. The van der Waals surface area contributed by atoms with Gasteiger partial charge in [-0.1, -0.05) is 0 Å². The fourth-order valence-electron chi connectivity index (χ4n) is 5.08. The summed E-state index contributed by atoms with van der Waals surface area (Å²) in [6.45, 7) is 1.49. The van der Waals surface area contributed by atoms with Gasteiger partial charge in [0.2, 0.25) is 5.91 Å². The number of fused-ring (bicyclic) bond motifs is 2. The molecule has 3 N–H and O–H groups in total. The molecule has 0 spiro atoms. The van der Waals surface area contributed by atoms with Gasteiger partial charge < -0.3 is 20.5 Å². The van der Waals surface area contributed by atoms with Crippen molar-refractivity contribution >= 4 is 52.4 Å². The summed E-state index contributed by atoms with van der Waals surface area (Å²) in [4.78, 5) is 51.2. The standard InChI is InChI=1S/C25H29FN6O3S.ClH/c1-31(2)25(35)13-4-6-17(28-22(33)19-10-14-8-15(26)5-7-16(14)27-19)18(9-13)29-23(34)24-30-20-11-32(3)12-21(20)36-24;/h5,7-8,10,13,17-18,27H,4,6,9,11-12H2,1-3H3,(H,28,33)(H,29,34);1H/t13-,17-,18-;/m0./s1. The predicted octanol–water partition coefficient (Wildman–Crippen LogP) is 2.92. The van der Waals surface area contributed by atoms with Crippen molar-refractivity contribution in [2.75, 3.05) is 21.1 Å². The predicted molar refractivity (Wildman–Crippen MR) is 141 cm³/mol. The Balaban J connectivity index is 0.00000320. The lowest BCUT2D eigenvalue weighted by Gasteiger charge is -2.37. The van der Waals surface area contributed by atoms with Crippen molar-refractivity contribution in [3.8, 4) is 0 Å². The van der Waals surface area contributed by atoms with E-state index >= 15 is 0 Å². The molecule has 2 aliphatic rings. The van der Waals surface area contributed by atoms with Crippen LogP contribution in [0.3, 0.4) is 0 Å². The third kappa shape index (κ3) is 5.63. The Bertz CT molecular complexity index is 1320. The van der Waals surface area contributed by atoms with E-state index < -0.39 is 6.04 Å². The van der Waals surface area contributed by atoms with E-state index in [0.29, 0.717) is 40.9 Å². The third-order valence-electron chi connectivity index (χ3n) is 6.91. The number of rotatable bonds is 5. The number of halogens is 2. The molecule has 2 aromatic heterocycles. The quantitative estimate of drug-likeness (QED) is 0.454. The number of thiazole rings is 1. The molecule has 0 bridgehead atoms. The number of nitrogens with one attached hydrogen (secondary N) is 3. The maximum absolute atomic E-state index is 13.6. The molecule has 12 heteroatoms. The molecule has 3 atom stereocenters. The number of hydrogen-bond acceptors (Lipinski definition) is 6. The summed E-state index contributed by atoms with van der Waals surface area (Å²) in [5.41, 5.74) is 1.90. The van der Waals surface area contributed by atoms with E-state index in [1.165, 1.54) is 23.5 Å². The molecule has 1 aliphatic carbocycles. The van der Waals surface area contributed by atoms with Crippen molar-refractivity contribution in [1.29, 1.82) is 0 Å². The van der Waals surface area contributed by atoms with Gasteiger partial charge >= 0.3 is 0 Å². The zero-order valence-electron chi connectivity index (χ0n) is 20.8. The maximum Gasteiger partial charge on any atom is 0.280 e. The van der Waals surface area contributed by atoms with Gasteiger partial charge in [0.15, 0.2) is 5.01 Å². The fraction of sp³-hybridized carbons (Fsp3) is 0.440. The zero-order valence-corrected chi connectivity index (χ0v) is 22.5. The summed E-state index contributed by atoms with van der Waals surface area (Å²) in [6, 6.07) is 5.10. The average Bonchev–Trinajstić information content (AvgIpc) is 3.52. The fourth-order valence-corrected chi connectivity index (χ4v) is 6.13. The van der Waals surface area contributed by atoms with Gasteiger partial charge in [-0.3, -0.25) is 19.3 Å². The largest absolute Gasteiger partial charge is 0.351 e. The minimum Gasteiger partial charge on any atom is -0.351 e. The average molecular weight is 549 g/mol. The lowest BCUT2D eigenvalue weighted by molar-refractivity contribution is -0.134. The molecular formula is C25H30ClFN6O3S. The number of aromatic amines is 1. The van der Waals surface area contributed by atoms with Gasteiger partial charge in [-0.05, 0) is 50.6 Å². The van der Waals surface area contributed by atoms with E-state index in [9.17, 15) is 18.8 Å². The van der Waals surface area contributed by atoms with E-state index in [1.54, 1.807) is 31.1 Å². The zero-order chi connectivity index (χ0) is 25.6. The minimum absolute atomic E-state index is 0. The lowest BCUT2D eigenvalue weighted by Crippen LogP contribution is -2.56. The number of benzene rings is 1. The summed E-state index contributed by atoms with van der Waals surface area (Å²) >= 11 is 1.39. The summed E-state index contributed by atoms with van der Waals surface area (Å²) in [5.74, 6) is -1.25. The van der Waals surface area contributed by atoms with Crippen LogP contribution in [-0.2, 0) is 17.9 Å². The molecule has 3 amide bonds. The molecular weight excluding hydrogens is 519 g/mol. The minimum atomic E-state index is -0.438. The van der Waals surface area contributed by atoms with Crippen LogP contribution < -0.4 is 10.6 Å². The number of carbonyl (C=O) groups is 3. The molecule has 5 rings (SSSR count). The molecule has 9 nitrogen and oxygen atoms in total. The van der Waals surface area contributed by atoms with Crippen LogP contribution in [0.5, 0.6) is 0 Å². The topological polar surface area (TPSA) is 110 Å². The summed E-state index contributed by atoms with van der Waals surface area (Å²) < 4.78 is 13.6. The van der Waals surface area contributed by atoms with E-state index in [4.69, 9.17) is 0 Å². The van der Waals surface area contributed by atoms with Gasteiger partial charge in [0.1, 0.15) is 11.5 Å². The number of H-pyrrole nitrogens is 1. The molecule has 198 valence electrons. The van der Waals surface area contributed by atoms with Crippen molar-refractivity contribution in [2.45, 2.75) is 44.4 Å². The number of nitrogens with zero attached hydrogens (tertiary/aromatic N) is 3. The third-order valence-corrected chi connectivity index (χ3v) is 7.99. The number of carbonyl (C=O) groups excluding carboxylic acids is 3. The molecule has 1 saturated carbocycles. The summed E-state index contributed by atoms with van der Waals surface area (Å²) in [5, 5.41) is 7.08. The molecule has 37 heavy (non-hydrogen) atoms. The molecule has 1 aromatic carbocycles. The van der Waals surface area contributed by atoms with E-state index in [-0.39, 0.29) is 47.9 Å². The Labute approximate surface area is 224 Å². The molecule has 0 radical (unpaired) electrons. The normalized spacial score (nSPS) is 21.2. The highest BCUT2D eigenvalue weighted by Gasteiger charge is 2.37. The smallest absolute Gasteiger partial charge is 0.280 e. The van der Waals surface area contributed by atoms with Crippen molar-refractivity contribution in [3.05, 3.63) is 51.4 Å². The van der Waals surface area contributed by atoms with Crippen LogP contribution in [0.1, 0.15) is 50.1 Å². The Morgan fingerprint density at radius 3 is 2.59 bits per heavy atom. The molecule has 0 unspecified atom stereocenters. The summed E-state index contributed by atoms with van der Waals surface area (Å²) in [6.07, 6.45) is 1.55. The second kappa shape index (κ2) is 10.8. The van der Waals surface area contributed by atoms with Crippen molar-refractivity contribution in [1.82, 2.24) is 30.4 Å². The Morgan fingerprint density at radius 2 is 1.86 bits per heavy atom. The Hall–Kier alpha value is -3.02. The first-order valence-corrected chi connectivity index (χ1v) is 12.8. The van der Waals surface area contributed by atoms with Gasteiger partial charge in [-0.2, -0.15) is 0 Å². The van der Waals surface area contributed by atoms with E-state index in [2.05, 4.69) is 25.5 Å². The number of amides is 3. The van der Waals surface area contributed by atoms with Gasteiger partial charge in [-0.15, -0.1) is 23.7 Å². The van der Waals surface area contributed by atoms with Gasteiger partial charge in [0, 0.05) is 54.9 Å². The SMILES string of the molecule is CN1Cc2nc(C(=O)N[C@H]3C[C@@H](C(=O)N(C)C)CC[C@@H]3NC(=O)c3cc4cc(F)ccc4[nH]3)sc2C1.Cl. The highest BCUT2D eigenvalue weighted by molar-refractivity contribution is 7.13. The van der Waals surface area contributed by atoms with Crippen LogP contribution in [0.15, 0.2) is 24.3 Å². The Kier molecular flexibility index (Phi) is 7.86. The van der Waals surface area contributed by atoms with Gasteiger partial charge in [0.25, 0.3) is 11.8 Å². The Morgan fingerprint density at radius 1 is 1.11 bits per heavy atom. The number of hydrogen-bond donors (Lipinski definition) is 3. The monoisotopic (exact) mass is 548 g/mol. The highest BCUT2D eigenvalue weighted by Crippen LogP contribution is 2.29. The highest BCUT2D eigenvalue weighted by atomic mass is 35.5. The van der Waals surface area contributed by atoms with E-state index in [1.807, 2.05) is 7.05 Å².